The Balaban J connectivity index is 1.79. The minimum atomic E-state index is 0.431. The van der Waals surface area contributed by atoms with Gasteiger partial charge in [0.05, 0.1) is 12.3 Å². The Morgan fingerprint density at radius 3 is 2.95 bits per heavy atom. The first-order valence-corrected chi connectivity index (χ1v) is 8.34. The predicted octanol–water partition coefficient (Wildman–Crippen LogP) is 3.02. The van der Waals surface area contributed by atoms with Crippen LogP contribution in [-0.4, -0.2) is 34.9 Å². The van der Waals surface area contributed by atoms with Gasteiger partial charge in [0, 0.05) is 60.7 Å². The van der Waals surface area contributed by atoms with Gasteiger partial charge >= 0.3 is 0 Å². The van der Waals surface area contributed by atoms with E-state index >= 15 is 0 Å². The smallest absolute Gasteiger partial charge is 0.0801 e. The molecule has 2 aromatic rings. The van der Waals surface area contributed by atoms with Crippen LogP contribution in [0, 0.1) is 6.92 Å². The van der Waals surface area contributed by atoms with Crippen LogP contribution in [0.4, 0.5) is 0 Å². The summed E-state index contributed by atoms with van der Waals surface area (Å²) >= 11 is 1.89. The van der Waals surface area contributed by atoms with E-state index in [2.05, 4.69) is 37.1 Å². The van der Waals surface area contributed by atoms with E-state index in [1.807, 2.05) is 16.0 Å². The van der Waals surface area contributed by atoms with Gasteiger partial charge in [-0.15, -0.1) is 11.3 Å². The number of methoxy groups -OCH3 is 1. The number of aryl methyl sites for hydroxylation is 2. The Morgan fingerprint density at radius 1 is 1.43 bits per heavy atom. The molecule has 0 aromatic carbocycles. The Bertz CT molecular complexity index is 604. The number of ether oxygens (including phenoxy) is 1. The minimum absolute atomic E-state index is 0.431. The molecule has 1 aliphatic heterocycles. The molecule has 3 rings (SSSR count). The number of thiophene rings is 1. The molecule has 4 nitrogen and oxygen atoms in total. The summed E-state index contributed by atoms with van der Waals surface area (Å²) in [6.45, 7) is 9.00. The van der Waals surface area contributed by atoms with E-state index < -0.39 is 0 Å². The molecule has 3 heterocycles. The number of aromatic nitrogens is 2. The van der Waals surface area contributed by atoms with Crippen LogP contribution < -0.4 is 0 Å². The molecule has 0 bridgehead atoms. The Morgan fingerprint density at radius 2 is 2.29 bits per heavy atom. The third-order valence-corrected chi connectivity index (χ3v) is 5.02. The highest BCUT2D eigenvalue weighted by molar-refractivity contribution is 7.11. The Kier molecular flexibility index (Phi) is 4.42. The second-order valence-corrected chi connectivity index (χ2v) is 7.09. The van der Waals surface area contributed by atoms with Gasteiger partial charge in [0.15, 0.2) is 0 Å². The van der Waals surface area contributed by atoms with Crippen LogP contribution >= 0.6 is 11.3 Å². The highest BCUT2D eigenvalue weighted by Gasteiger charge is 2.28. The summed E-state index contributed by atoms with van der Waals surface area (Å²) in [5.74, 6) is 0.431. The van der Waals surface area contributed by atoms with Crippen molar-refractivity contribution in [1.82, 2.24) is 14.7 Å². The van der Waals surface area contributed by atoms with E-state index in [4.69, 9.17) is 9.84 Å². The zero-order valence-electron chi connectivity index (χ0n) is 13.0. The molecule has 0 radical (unpaired) electrons. The van der Waals surface area contributed by atoms with Crippen molar-refractivity contribution >= 4 is 11.3 Å². The molecule has 0 amide bonds. The van der Waals surface area contributed by atoms with Gasteiger partial charge in [0.1, 0.15) is 0 Å². The summed E-state index contributed by atoms with van der Waals surface area (Å²) in [6.07, 6.45) is 2.20. The second kappa shape index (κ2) is 6.30. The highest BCUT2D eigenvalue weighted by atomic mass is 32.1. The molecule has 0 saturated heterocycles. The van der Waals surface area contributed by atoms with E-state index in [0.29, 0.717) is 5.92 Å². The van der Waals surface area contributed by atoms with Crippen LogP contribution in [-0.2, 0) is 24.4 Å². The number of fused-ring (bicyclic) bond motifs is 1. The summed E-state index contributed by atoms with van der Waals surface area (Å²) in [5, 5.41) is 4.72. The first-order chi connectivity index (χ1) is 10.2. The molecular formula is C16H23N3OS. The summed E-state index contributed by atoms with van der Waals surface area (Å²) < 4.78 is 7.47. The lowest BCUT2D eigenvalue weighted by Gasteiger charge is -2.31. The quantitative estimate of drug-likeness (QED) is 0.850. The van der Waals surface area contributed by atoms with E-state index in [1.165, 1.54) is 21.0 Å². The topological polar surface area (TPSA) is 30.3 Å². The van der Waals surface area contributed by atoms with Crippen molar-refractivity contribution in [2.45, 2.75) is 39.4 Å². The molecule has 0 spiro atoms. The third-order valence-electron chi connectivity index (χ3n) is 4.03. The summed E-state index contributed by atoms with van der Waals surface area (Å²) in [7, 11) is 1.78. The SMILES string of the molecule is CCn1cc2c(n1)CN(Cc1ccc(C)s1)C[C@H]2COC. The molecule has 114 valence electrons. The zero-order valence-corrected chi connectivity index (χ0v) is 13.8. The molecule has 0 unspecified atom stereocenters. The number of nitrogens with zero attached hydrogens (tertiary/aromatic N) is 3. The fourth-order valence-electron chi connectivity index (χ4n) is 3.04. The first kappa shape index (κ1) is 14.8. The minimum Gasteiger partial charge on any atom is -0.384 e. The van der Waals surface area contributed by atoms with Gasteiger partial charge in [-0.3, -0.25) is 9.58 Å². The number of rotatable bonds is 5. The molecule has 2 aromatic heterocycles. The van der Waals surface area contributed by atoms with Crippen molar-refractivity contribution < 1.29 is 4.74 Å². The molecule has 5 heteroatoms. The maximum Gasteiger partial charge on any atom is 0.0801 e. The van der Waals surface area contributed by atoms with Gasteiger partial charge in [0.2, 0.25) is 0 Å². The van der Waals surface area contributed by atoms with Gasteiger partial charge in [-0.05, 0) is 26.0 Å². The predicted molar refractivity (Wildman–Crippen MR) is 85.7 cm³/mol. The summed E-state index contributed by atoms with van der Waals surface area (Å²) in [5.41, 5.74) is 2.59. The number of hydrogen-bond donors (Lipinski definition) is 0. The molecule has 0 fully saturated rings. The van der Waals surface area contributed by atoms with Crippen molar-refractivity contribution in [3.63, 3.8) is 0 Å². The molecule has 21 heavy (non-hydrogen) atoms. The van der Waals surface area contributed by atoms with Crippen LogP contribution in [0.2, 0.25) is 0 Å². The van der Waals surface area contributed by atoms with Crippen LogP contribution in [0.3, 0.4) is 0 Å². The van der Waals surface area contributed by atoms with Gasteiger partial charge in [-0.2, -0.15) is 5.10 Å². The number of hydrogen-bond acceptors (Lipinski definition) is 4. The van der Waals surface area contributed by atoms with Crippen LogP contribution in [0.5, 0.6) is 0 Å². The maximum absolute atomic E-state index is 5.42. The van der Waals surface area contributed by atoms with Crippen LogP contribution in [0.25, 0.3) is 0 Å². The molecule has 1 aliphatic rings. The average molecular weight is 305 g/mol. The average Bonchev–Trinajstić information content (AvgIpc) is 3.05. The second-order valence-electron chi connectivity index (χ2n) is 5.72. The van der Waals surface area contributed by atoms with E-state index in [0.717, 1.165) is 32.8 Å². The van der Waals surface area contributed by atoms with Crippen LogP contribution in [0.15, 0.2) is 18.3 Å². The van der Waals surface area contributed by atoms with Gasteiger partial charge in [-0.25, -0.2) is 0 Å². The Hall–Kier alpha value is -1.17. The third kappa shape index (κ3) is 3.20. The summed E-state index contributed by atoms with van der Waals surface area (Å²) in [6, 6.07) is 4.44. The van der Waals surface area contributed by atoms with Crippen molar-refractivity contribution in [3.8, 4) is 0 Å². The fraction of sp³-hybridized carbons (Fsp3) is 0.562. The largest absolute Gasteiger partial charge is 0.384 e. The van der Waals surface area contributed by atoms with Gasteiger partial charge in [0.25, 0.3) is 0 Å². The molecular weight excluding hydrogens is 282 g/mol. The molecule has 0 saturated carbocycles. The van der Waals surface area contributed by atoms with Crippen molar-refractivity contribution in [3.05, 3.63) is 39.3 Å². The Labute approximate surface area is 130 Å². The highest BCUT2D eigenvalue weighted by Crippen LogP contribution is 2.29. The monoisotopic (exact) mass is 305 g/mol. The lowest BCUT2D eigenvalue weighted by Crippen LogP contribution is -2.34. The fourth-order valence-corrected chi connectivity index (χ4v) is 3.98. The van der Waals surface area contributed by atoms with Crippen molar-refractivity contribution in [2.24, 2.45) is 0 Å². The van der Waals surface area contributed by atoms with Crippen LogP contribution in [0.1, 0.15) is 33.9 Å². The lowest BCUT2D eigenvalue weighted by atomic mass is 9.95. The van der Waals surface area contributed by atoms with Gasteiger partial charge < -0.3 is 4.74 Å². The van der Waals surface area contributed by atoms with E-state index in [1.54, 1.807) is 7.11 Å². The molecule has 0 aliphatic carbocycles. The van der Waals surface area contributed by atoms with Crippen molar-refractivity contribution in [1.29, 1.82) is 0 Å². The molecule has 0 N–H and O–H groups in total. The zero-order chi connectivity index (χ0) is 14.8. The maximum atomic E-state index is 5.42. The van der Waals surface area contributed by atoms with E-state index in [9.17, 15) is 0 Å². The standard InChI is InChI=1S/C16H23N3OS/c1-4-19-9-15-13(11-20-3)7-18(10-16(15)17-19)8-14-6-5-12(2)21-14/h5-6,9,13H,4,7-8,10-11H2,1-3H3/t13-/m0/s1. The molecule has 1 atom stereocenters. The normalized spacial score (nSPS) is 18.9. The summed E-state index contributed by atoms with van der Waals surface area (Å²) in [4.78, 5) is 5.30. The van der Waals surface area contributed by atoms with Gasteiger partial charge in [-0.1, -0.05) is 0 Å². The van der Waals surface area contributed by atoms with E-state index in [-0.39, 0.29) is 0 Å². The lowest BCUT2D eigenvalue weighted by molar-refractivity contribution is 0.136. The first-order valence-electron chi connectivity index (χ1n) is 7.52. The van der Waals surface area contributed by atoms with Crippen molar-refractivity contribution in [2.75, 3.05) is 20.3 Å².